The number of aromatic nitrogens is 2. The van der Waals surface area contributed by atoms with Crippen molar-refractivity contribution < 1.29 is 4.74 Å². The molecule has 2 aromatic rings. The van der Waals surface area contributed by atoms with Gasteiger partial charge in [0.25, 0.3) is 0 Å². The van der Waals surface area contributed by atoms with Gasteiger partial charge in [-0.05, 0) is 24.5 Å². The molecule has 1 aromatic carbocycles. The summed E-state index contributed by atoms with van der Waals surface area (Å²) in [4.78, 5) is 0. The summed E-state index contributed by atoms with van der Waals surface area (Å²) in [5.41, 5.74) is 9.67. The molecule has 5 heteroatoms. The number of hydrogen-bond acceptors (Lipinski definition) is 3. The van der Waals surface area contributed by atoms with Gasteiger partial charge in [-0.1, -0.05) is 35.9 Å². The lowest BCUT2D eigenvalue weighted by molar-refractivity contribution is 0.182. The number of benzene rings is 1. The molecule has 1 atom stereocenters. The van der Waals surface area contributed by atoms with Crippen LogP contribution in [-0.4, -0.2) is 23.5 Å². The van der Waals surface area contributed by atoms with Crippen molar-refractivity contribution in [2.75, 3.05) is 13.7 Å². The van der Waals surface area contributed by atoms with Gasteiger partial charge in [-0.2, -0.15) is 5.10 Å². The minimum Gasteiger partial charge on any atom is -0.383 e. The van der Waals surface area contributed by atoms with Crippen molar-refractivity contribution in [1.82, 2.24) is 9.78 Å². The van der Waals surface area contributed by atoms with Gasteiger partial charge >= 0.3 is 0 Å². The predicted octanol–water partition coefficient (Wildman–Crippen LogP) is 2.73. The Morgan fingerprint density at radius 2 is 2.15 bits per heavy atom. The zero-order valence-electron chi connectivity index (χ0n) is 11.8. The molecule has 0 radical (unpaired) electrons. The Hall–Kier alpha value is -1.36. The van der Waals surface area contributed by atoms with Crippen molar-refractivity contribution in [3.05, 3.63) is 52.3 Å². The van der Waals surface area contributed by atoms with E-state index in [0.717, 1.165) is 12.1 Å². The zero-order valence-corrected chi connectivity index (χ0v) is 12.6. The molecule has 0 bridgehead atoms. The smallest absolute Gasteiger partial charge is 0.0834 e. The predicted molar refractivity (Wildman–Crippen MR) is 80.9 cm³/mol. The summed E-state index contributed by atoms with van der Waals surface area (Å²) < 4.78 is 6.91. The van der Waals surface area contributed by atoms with Crippen LogP contribution in [0, 0.1) is 6.92 Å². The molecule has 2 rings (SSSR count). The summed E-state index contributed by atoms with van der Waals surface area (Å²) in [6, 6.07) is 8.06. The van der Waals surface area contributed by atoms with Gasteiger partial charge in [0.2, 0.25) is 0 Å². The number of rotatable bonds is 6. The molecular weight excluding hydrogens is 274 g/mol. The molecule has 0 aliphatic rings. The second-order valence-electron chi connectivity index (χ2n) is 4.83. The van der Waals surface area contributed by atoms with Crippen LogP contribution in [0.15, 0.2) is 30.5 Å². The van der Waals surface area contributed by atoms with Gasteiger partial charge in [-0.25, -0.2) is 0 Å². The Balaban J connectivity index is 2.18. The summed E-state index contributed by atoms with van der Waals surface area (Å²) in [6.45, 7) is 3.33. The number of ether oxygens (including phenoxy) is 1. The Labute approximate surface area is 124 Å². The largest absolute Gasteiger partial charge is 0.383 e. The molecule has 0 aliphatic carbocycles. The second kappa shape index (κ2) is 6.88. The van der Waals surface area contributed by atoms with Crippen molar-refractivity contribution in [1.29, 1.82) is 0 Å². The molecule has 108 valence electrons. The van der Waals surface area contributed by atoms with E-state index in [-0.39, 0.29) is 6.04 Å². The fourth-order valence-electron chi connectivity index (χ4n) is 2.27. The molecule has 0 amide bonds. The van der Waals surface area contributed by atoms with Crippen LogP contribution in [0.25, 0.3) is 0 Å². The average Bonchev–Trinajstić information content (AvgIpc) is 2.80. The van der Waals surface area contributed by atoms with Gasteiger partial charge < -0.3 is 10.5 Å². The maximum absolute atomic E-state index is 6.33. The molecule has 0 saturated carbocycles. The molecule has 0 saturated heterocycles. The maximum atomic E-state index is 6.33. The lowest BCUT2D eigenvalue weighted by Gasteiger charge is -2.16. The minimum atomic E-state index is -0.178. The van der Waals surface area contributed by atoms with Crippen LogP contribution in [0.5, 0.6) is 0 Å². The topological polar surface area (TPSA) is 53.1 Å². The van der Waals surface area contributed by atoms with E-state index in [4.69, 9.17) is 22.1 Å². The van der Waals surface area contributed by atoms with Gasteiger partial charge in [0.05, 0.1) is 36.1 Å². The second-order valence-corrected chi connectivity index (χ2v) is 5.24. The van der Waals surface area contributed by atoms with Crippen LogP contribution in [0.2, 0.25) is 5.02 Å². The number of nitrogens with zero attached hydrogens (tertiary/aromatic N) is 2. The van der Waals surface area contributed by atoms with Crippen LogP contribution >= 0.6 is 11.6 Å². The van der Waals surface area contributed by atoms with E-state index >= 15 is 0 Å². The van der Waals surface area contributed by atoms with Crippen LogP contribution in [-0.2, 0) is 17.7 Å². The Kier molecular flexibility index (Phi) is 5.17. The standard InChI is InChI=1S/C15H20ClN3O/c1-11-5-3-4-6-12(11)9-14(17)15-13(16)10-18-19(15)7-8-20-2/h3-6,10,14H,7-9,17H2,1-2H3. The SMILES string of the molecule is COCCn1ncc(Cl)c1C(N)Cc1ccccc1C. The van der Waals surface area contributed by atoms with Crippen molar-refractivity contribution in [3.8, 4) is 0 Å². The fraction of sp³-hybridized carbons (Fsp3) is 0.400. The van der Waals surface area contributed by atoms with Crippen molar-refractivity contribution >= 4 is 11.6 Å². The monoisotopic (exact) mass is 293 g/mol. The van der Waals surface area contributed by atoms with Crippen LogP contribution in [0.4, 0.5) is 0 Å². The van der Waals surface area contributed by atoms with Crippen LogP contribution in [0.3, 0.4) is 0 Å². The van der Waals surface area contributed by atoms with Gasteiger partial charge in [0.1, 0.15) is 0 Å². The molecule has 1 aromatic heterocycles. The molecular formula is C15H20ClN3O. The first-order chi connectivity index (χ1) is 9.63. The van der Waals surface area contributed by atoms with E-state index < -0.39 is 0 Å². The van der Waals surface area contributed by atoms with Crippen LogP contribution < -0.4 is 5.73 Å². The van der Waals surface area contributed by atoms with E-state index in [1.165, 1.54) is 11.1 Å². The Morgan fingerprint density at radius 1 is 1.40 bits per heavy atom. The molecule has 1 heterocycles. The van der Waals surface area contributed by atoms with E-state index in [2.05, 4.69) is 24.2 Å². The fourth-order valence-corrected chi connectivity index (χ4v) is 2.55. The van der Waals surface area contributed by atoms with E-state index in [1.807, 2.05) is 16.8 Å². The number of nitrogens with two attached hydrogens (primary N) is 1. The summed E-state index contributed by atoms with van der Waals surface area (Å²) in [6.07, 6.45) is 2.38. The molecule has 1 unspecified atom stereocenters. The van der Waals surface area contributed by atoms with E-state index in [1.54, 1.807) is 13.3 Å². The third-order valence-corrected chi connectivity index (χ3v) is 3.68. The minimum absolute atomic E-state index is 0.178. The van der Waals surface area contributed by atoms with Crippen LogP contribution in [0.1, 0.15) is 22.9 Å². The maximum Gasteiger partial charge on any atom is 0.0834 e. The highest BCUT2D eigenvalue weighted by molar-refractivity contribution is 6.31. The van der Waals surface area contributed by atoms with Gasteiger partial charge in [-0.15, -0.1) is 0 Å². The first-order valence-corrected chi connectivity index (χ1v) is 7.01. The molecule has 20 heavy (non-hydrogen) atoms. The highest BCUT2D eigenvalue weighted by Gasteiger charge is 2.17. The first kappa shape index (κ1) is 15.0. The van der Waals surface area contributed by atoms with Crippen molar-refractivity contribution in [2.24, 2.45) is 5.73 Å². The molecule has 4 nitrogen and oxygen atoms in total. The molecule has 0 spiro atoms. The normalized spacial score (nSPS) is 12.6. The Bertz CT molecular complexity index is 568. The molecule has 2 N–H and O–H groups in total. The van der Waals surface area contributed by atoms with Crippen molar-refractivity contribution in [3.63, 3.8) is 0 Å². The number of halogens is 1. The third-order valence-electron chi connectivity index (χ3n) is 3.39. The number of aryl methyl sites for hydroxylation is 1. The number of hydrogen-bond donors (Lipinski definition) is 1. The highest BCUT2D eigenvalue weighted by Crippen LogP contribution is 2.25. The lowest BCUT2D eigenvalue weighted by atomic mass is 10.00. The molecule has 0 fully saturated rings. The lowest BCUT2D eigenvalue weighted by Crippen LogP contribution is -2.20. The highest BCUT2D eigenvalue weighted by atomic mass is 35.5. The van der Waals surface area contributed by atoms with Crippen molar-refractivity contribution in [2.45, 2.75) is 25.9 Å². The first-order valence-electron chi connectivity index (χ1n) is 6.63. The summed E-state index contributed by atoms with van der Waals surface area (Å²) in [5.74, 6) is 0. The average molecular weight is 294 g/mol. The summed E-state index contributed by atoms with van der Waals surface area (Å²) >= 11 is 6.22. The summed E-state index contributed by atoms with van der Waals surface area (Å²) in [7, 11) is 1.66. The van der Waals surface area contributed by atoms with Gasteiger partial charge in [0, 0.05) is 7.11 Å². The quantitative estimate of drug-likeness (QED) is 0.891. The van der Waals surface area contributed by atoms with Gasteiger partial charge in [0.15, 0.2) is 0 Å². The molecule has 0 aliphatic heterocycles. The third kappa shape index (κ3) is 3.39. The summed E-state index contributed by atoms with van der Waals surface area (Å²) in [5, 5.41) is 4.88. The zero-order chi connectivity index (χ0) is 14.5. The van der Waals surface area contributed by atoms with Gasteiger partial charge in [-0.3, -0.25) is 4.68 Å². The number of methoxy groups -OCH3 is 1. The van der Waals surface area contributed by atoms with E-state index in [0.29, 0.717) is 18.2 Å². The Morgan fingerprint density at radius 3 is 2.85 bits per heavy atom. The van der Waals surface area contributed by atoms with E-state index in [9.17, 15) is 0 Å².